The van der Waals surface area contributed by atoms with Crippen LogP contribution in [0.15, 0.2) is 36.5 Å². The molecule has 0 spiro atoms. The average molecular weight is 346 g/mol. The standard InChI is InChI=1S/C17H22N4O4/c1-3-17(4-2,12-22)11-18-16(23)15-9-10-20(19-15)13-5-7-14(8-6-13)21(24)25/h5-10,22H,3-4,11-12H2,1-2H3,(H,18,23). The van der Waals surface area contributed by atoms with Crippen molar-refractivity contribution < 1.29 is 14.8 Å². The predicted molar refractivity (Wildman–Crippen MR) is 92.7 cm³/mol. The molecular weight excluding hydrogens is 324 g/mol. The normalized spacial score (nSPS) is 11.3. The van der Waals surface area contributed by atoms with Crippen LogP contribution in [-0.4, -0.2) is 38.9 Å². The Bertz CT molecular complexity index is 727. The van der Waals surface area contributed by atoms with E-state index >= 15 is 0 Å². The van der Waals surface area contributed by atoms with Crippen LogP contribution in [0.4, 0.5) is 5.69 Å². The van der Waals surface area contributed by atoms with Gasteiger partial charge in [0, 0.05) is 30.3 Å². The molecule has 0 aliphatic heterocycles. The fourth-order valence-electron chi connectivity index (χ4n) is 2.45. The predicted octanol–water partition coefficient (Wildman–Crippen LogP) is 2.31. The van der Waals surface area contributed by atoms with Crippen LogP contribution in [0, 0.1) is 15.5 Å². The van der Waals surface area contributed by atoms with Crippen LogP contribution >= 0.6 is 0 Å². The van der Waals surface area contributed by atoms with Crippen molar-refractivity contribution in [1.82, 2.24) is 15.1 Å². The van der Waals surface area contributed by atoms with E-state index in [0.717, 1.165) is 12.8 Å². The van der Waals surface area contributed by atoms with E-state index in [1.165, 1.54) is 16.8 Å². The number of aromatic nitrogens is 2. The van der Waals surface area contributed by atoms with Crippen LogP contribution < -0.4 is 5.32 Å². The molecule has 0 radical (unpaired) electrons. The van der Waals surface area contributed by atoms with Crippen molar-refractivity contribution in [1.29, 1.82) is 0 Å². The third kappa shape index (κ3) is 4.21. The fraction of sp³-hybridized carbons (Fsp3) is 0.412. The Hall–Kier alpha value is -2.74. The Morgan fingerprint density at radius 2 is 1.92 bits per heavy atom. The van der Waals surface area contributed by atoms with Crippen LogP contribution in [0.3, 0.4) is 0 Å². The van der Waals surface area contributed by atoms with E-state index < -0.39 is 4.92 Å². The molecule has 134 valence electrons. The quantitative estimate of drug-likeness (QED) is 0.563. The van der Waals surface area contributed by atoms with Crippen molar-refractivity contribution in [3.05, 3.63) is 52.3 Å². The second-order valence-corrected chi connectivity index (χ2v) is 5.97. The van der Waals surface area contributed by atoms with E-state index in [4.69, 9.17) is 0 Å². The fourth-order valence-corrected chi connectivity index (χ4v) is 2.45. The molecule has 8 nitrogen and oxygen atoms in total. The summed E-state index contributed by atoms with van der Waals surface area (Å²) in [6, 6.07) is 7.48. The molecule has 1 aromatic carbocycles. The van der Waals surface area contributed by atoms with Crippen molar-refractivity contribution in [3.8, 4) is 5.69 Å². The first-order chi connectivity index (χ1) is 11.9. The van der Waals surface area contributed by atoms with Gasteiger partial charge in [0.15, 0.2) is 5.69 Å². The second-order valence-electron chi connectivity index (χ2n) is 5.97. The molecule has 1 aromatic heterocycles. The van der Waals surface area contributed by atoms with Gasteiger partial charge in [-0.15, -0.1) is 0 Å². The maximum atomic E-state index is 12.3. The van der Waals surface area contributed by atoms with Crippen LogP contribution in [0.5, 0.6) is 0 Å². The Kier molecular flexibility index (Phi) is 5.87. The van der Waals surface area contributed by atoms with E-state index in [-0.39, 0.29) is 29.3 Å². The Morgan fingerprint density at radius 1 is 1.28 bits per heavy atom. The zero-order chi connectivity index (χ0) is 18.4. The van der Waals surface area contributed by atoms with E-state index in [9.17, 15) is 20.0 Å². The minimum absolute atomic E-state index is 0.00616. The number of nitrogens with one attached hydrogen (secondary N) is 1. The van der Waals surface area contributed by atoms with Crippen LogP contribution in [0.25, 0.3) is 5.69 Å². The van der Waals surface area contributed by atoms with Crippen LogP contribution in [0.1, 0.15) is 37.2 Å². The number of carbonyl (C=O) groups excluding carboxylic acids is 1. The van der Waals surface area contributed by atoms with Gasteiger partial charge >= 0.3 is 0 Å². The third-order valence-electron chi connectivity index (χ3n) is 4.61. The molecule has 0 saturated carbocycles. The SMILES string of the molecule is CCC(CC)(CO)CNC(=O)c1ccn(-c2ccc([N+](=O)[O-])cc2)n1. The lowest BCUT2D eigenvalue weighted by atomic mass is 9.83. The molecule has 2 N–H and O–H groups in total. The minimum atomic E-state index is -0.472. The van der Waals surface area contributed by atoms with Gasteiger partial charge in [-0.2, -0.15) is 5.10 Å². The van der Waals surface area contributed by atoms with Gasteiger partial charge in [-0.05, 0) is 31.0 Å². The van der Waals surface area contributed by atoms with Gasteiger partial charge in [0.25, 0.3) is 11.6 Å². The van der Waals surface area contributed by atoms with Gasteiger partial charge in [-0.3, -0.25) is 14.9 Å². The highest BCUT2D eigenvalue weighted by Crippen LogP contribution is 2.24. The average Bonchev–Trinajstić information content (AvgIpc) is 3.13. The maximum absolute atomic E-state index is 12.3. The molecule has 0 aliphatic rings. The number of aliphatic hydroxyl groups excluding tert-OH is 1. The molecule has 1 amide bonds. The van der Waals surface area contributed by atoms with Crippen molar-refractivity contribution in [2.75, 3.05) is 13.2 Å². The summed E-state index contributed by atoms with van der Waals surface area (Å²) in [5, 5.41) is 27.3. The Morgan fingerprint density at radius 3 is 2.44 bits per heavy atom. The van der Waals surface area contributed by atoms with E-state index in [1.54, 1.807) is 24.4 Å². The highest BCUT2D eigenvalue weighted by Gasteiger charge is 2.26. The summed E-state index contributed by atoms with van der Waals surface area (Å²) in [5.41, 5.74) is 0.540. The highest BCUT2D eigenvalue weighted by atomic mass is 16.6. The van der Waals surface area contributed by atoms with Gasteiger partial charge in [-0.1, -0.05) is 13.8 Å². The molecule has 8 heteroatoms. The number of rotatable bonds is 8. The highest BCUT2D eigenvalue weighted by molar-refractivity contribution is 5.92. The summed E-state index contributed by atoms with van der Waals surface area (Å²) in [6.07, 6.45) is 3.14. The molecule has 0 aliphatic carbocycles. The first kappa shape index (κ1) is 18.6. The molecule has 0 bridgehead atoms. The summed E-state index contributed by atoms with van der Waals surface area (Å²) in [6.45, 7) is 4.35. The van der Waals surface area contributed by atoms with Gasteiger partial charge in [0.2, 0.25) is 0 Å². The smallest absolute Gasteiger partial charge is 0.271 e. The monoisotopic (exact) mass is 346 g/mol. The number of nitro benzene ring substituents is 1. The lowest BCUT2D eigenvalue weighted by molar-refractivity contribution is -0.384. The van der Waals surface area contributed by atoms with Crippen molar-refractivity contribution >= 4 is 11.6 Å². The first-order valence-corrected chi connectivity index (χ1v) is 8.14. The third-order valence-corrected chi connectivity index (χ3v) is 4.61. The summed E-state index contributed by atoms with van der Waals surface area (Å²) < 4.78 is 1.48. The minimum Gasteiger partial charge on any atom is -0.396 e. The zero-order valence-electron chi connectivity index (χ0n) is 14.3. The molecule has 2 aromatic rings. The number of nitro groups is 1. The zero-order valence-corrected chi connectivity index (χ0v) is 14.3. The van der Waals surface area contributed by atoms with Crippen molar-refractivity contribution in [2.24, 2.45) is 5.41 Å². The number of benzene rings is 1. The van der Waals surface area contributed by atoms with Crippen LogP contribution in [-0.2, 0) is 0 Å². The summed E-state index contributed by atoms with van der Waals surface area (Å²) >= 11 is 0. The number of nitrogens with zero attached hydrogens (tertiary/aromatic N) is 3. The molecule has 0 atom stereocenters. The first-order valence-electron chi connectivity index (χ1n) is 8.14. The van der Waals surface area contributed by atoms with E-state index in [2.05, 4.69) is 10.4 Å². The molecule has 0 fully saturated rings. The molecule has 1 heterocycles. The summed E-state index contributed by atoms with van der Waals surface area (Å²) in [4.78, 5) is 22.5. The van der Waals surface area contributed by atoms with Gasteiger partial charge in [0.1, 0.15) is 0 Å². The maximum Gasteiger partial charge on any atom is 0.271 e. The molecule has 0 saturated heterocycles. The molecule has 2 rings (SSSR count). The topological polar surface area (TPSA) is 110 Å². The number of amides is 1. The largest absolute Gasteiger partial charge is 0.396 e. The number of carbonyl (C=O) groups is 1. The number of non-ortho nitro benzene ring substituents is 1. The number of hydrogen-bond acceptors (Lipinski definition) is 5. The second kappa shape index (κ2) is 7.89. The summed E-state index contributed by atoms with van der Waals surface area (Å²) in [7, 11) is 0. The molecular formula is C17H22N4O4. The van der Waals surface area contributed by atoms with Gasteiger partial charge in [-0.25, -0.2) is 4.68 Å². The number of hydrogen-bond donors (Lipinski definition) is 2. The Balaban J connectivity index is 2.07. The van der Waals surface area contributed by atoms with Crippen LogP contribution in [0.2, 0.25) is 0 Å². The Labute approximate surface area is 145 Å². The summed E-state index contributed by atoms with van der Waals surface area (Å²) in [5.74, 6) is -0.319. The van der Waals surface area contributed by atoms with Crippen molar-refractivity contribution in [3.63, 3.8) is 0 Å². The van der Waals surface area contributed by atoms with Crippen molar-refractivity contribution in [2.45, 2.75) is 26.7 Å². The lowest BCUT2D eigenvalue weighted by Crippen LogP contribution is -2.39. The van der Waals surface area contributed by atoms with Gasteiger partial charge in [0.05, 0.1) is 17.2 Å². The van der Waals surface area contributed by atoms with Gasteiger partial charge < -0.3 is 10.4 Å². The van der Waals surface area contributed by atoms with E-state index in [0.29, 0.717) is 12.2 Å². The van der Waals surface area contributed by atoms with E-state index in [1.807, 2.05) is 13.8 Å². The number of aliphatic hydroxyl groups is 1. The molecule has 25 heavy (non-hydrogen) atoms. The molecule has 0 unspecified atom stereocenters. The lowest BCUT2D eigenvalue weighted by Gasteiger charge is -2.29.